The molecule has 1 fully saturated rings. The highest BCUT2D eigenvalue weighted by atomic mass is 19.1. The second-order valence-corrected chi connectivity index (χ2v) is 9.88. The summed E-state index contributed by atoms with van der Waals surface area (Å²) in [7, 11) is 0. The Morgan fingerprint density at radius 2 is 1.87 bits per heavy atom. The van der Waals surface area contributed by atoms with Gasteiger partial charge in [-0.15, -0.1) is 0 Å². The first-order valence-corrected chi connectivity index (χ1v) is 13.2. The van der Waals surface area contributed by atoms with Crippen LogP contribution in [0.5, 0.6) is 0 Å². The molecule has 1 aliphatic carbocycles. The molecule has 4 aromatic rings. The van der Waals surface area contributed by atoms with Gasteiger partial charge in [0.25, 0.3) is 5.56 Å². The third kappa shape index (κ3) is 5.52. The van der Waals surface area contributed by atoms with E-state index in [9.17, 15) is 9.18 Å². The quantitative estimate of drug-likeness (QED) is 0.300. The maximum Gasteiger partial charge on any atom is 0.250 e. The van der Waals surface area contributed by atoms with E-state index in [4.69, 9.17) is 15.2 Å². The summed E-state index contributed by atoms with van der Waals surface area (Å²) in [6.07, 6.45) is 6.58. The molecule has 3 N–H and O–H groups in total. The van der Waals surface area contributed by atoms with Crippen molar-refractivity contribution in [3.05, 3.63) is 70.8 Å². The highest BCUT2D eigenvalue weighted by Gasteiger charge is 2.23. The third-order valence-corrected chi connectivity index (χ3v) is 7.33. The van der Waals surface area contributed by atoms with Crippen LogP contribution in [-0.4, -0.2) is 31.9 Å². The molecule has 1 unspecified atom stereocenters. The number of nitrogens with zero attached hydrogens (tertiary/aromatic N) is 4. The van der Waals surface area contributed by atoms with Crippen LogP contribution >= 0.6 is 0 Å². The summed E-state index contributed by atoms with van der Waals surface area (Å²) in [5.74, 6) is 0.640. The Balaban J connectivity index is 1.35. The minimum Gasteiger partial charge on any atom is -0.382 e. The van der Waals surface area contributed by atoms with Gasteiger partial charge >= 0.3 is 0 Å². The first-order chi connectivity index (χ1) is 18.4. The standard InChI is InChI=1S/C29H33FN6O2/c1-3-23(4-2)36-17-20(9-12-27(36)37)25-16-33-29(31)28(34-25)26-14-24(35-38-26)19-7-5-18(6-8-19)15-32-22-11-10-21(30)13-22/h5-9,12,14,16-17,21-23,32H,3-4,10-11,13,15H2,1-2H3,(H2,31,33)/t21?,22-/m1/s1. The molecule has 0 amide bonds. The molecule has 8 nitrogen and oxygen atoms in total. The van der Waals surface area contributed by atoms with Crippen molar-refractivity contribution in [3.8, 4) is 34.0 Å². The van der Waals surface area contributed by atoms with E-state index >= 15 is 0 Å². The second kappa shape index (κ2) is 11.3. The van der Waals surface area contributed by atoms with Gasteiger partial charge in [-0.05, 0) is 43.7 Å². The number of hydrogen-bond donors (Lipinski definition) is 2. The van der Waals surface area contributed by atoms with Crippen LogP contribution in [0.4, 0.5) is 10.2 Å². The van der Waals surface area contributed by atoms with Crippen LogP contribution < -0.4 is 16.6 Å². The summed E-state index contributed by atoms with van der Waals surface area (Å²) in [5.41, 5.74) is 10.5. The fourth-order valence-electron chi connectivity index (χ4n) is 5.03. The van der Waals surface area contributed by atoms with Crippen LogP contribution in [-0.2, 0) is 6.54 Å². The Hall–Kier alpha value is -3.85. The zero-order valence-corrected chi connectivity index (χ0v) is 21.7. The molecule has 2 atom stereocenters. The largest absolute Gasteiger partial charge is 0.382 e. The summed E-state index contributed by atoms with van der Waals surface area (Å²) in [6, 6.07) is 13.5. The topological polar surface area (TPSA) is 112 Å². The number of rotatable bonds is 9. The van der Waals surface area contributed by atoms with E-state index in [0.29, 0.717) is 42.2 Å². The number of aromatic nitrogens is 4. The Morgan fingerprint density at radius 3 is 2.58 bits per heavy atom. The van der Waals surface area contributed by atoms with Gasteiger partial charge in [0.2, 0.25) is 0 Å². The Bertz CT molecular complexity index is 1440. The van der Waals surface area contributed by atoms with Crippen molar-refractivity contribution < 1.29 is 8.91 Å². The van der Waals surface area contributed by atoms with Gasteiger partial charge < -0.3 is 20.1 Å². The van der Waals surface area contributed by atoms with Crippen molar-refractivity contribution in [3.63, 3.8) is 0 Å². The predicted octanol–water partition coefficient (Wildman–Crippen LogP) is 5.55. The van der Waals surface area contributed by atoms with Crippen LogP contribution in [0.25, 0.3) is 34.0 Å². The van der Waals surface area contributed by atoms with Gasteiger partial charge in [0.15, 0.2) is 17.3 Å². The van der Waals surface area contributed by atoms with E-state index in [2.05, 4.69) is 29.3 Å². The van der Waals surface area contributed by atoms with Crippen molar-refractivity contribution in [1.82, 2.24) is 25.0 Å². The molecule has 0 bridgehead atoms. The van der Waals surface area contributed by atoms with Crippen LogP contribution in [0.3, 0.4) is 0 Å². The van der Waals surface area contributed by atoms with E-state index in [1.165, 1.54) is 0 Å². The van der Waals surface area contributed by atoms with Crippen LogP contribution in [0, 0.1) is 0 Å². The maximum absolute atomic E-state index is 13.4. The van der Waals surface area contributed by atoms with Crippen molar-refractivity contribution in [2.24, 2.45) is 0 Å². The van der Waals surface area contributed by atoms with Gasteiger partial charge in [0.1, 0.15) is 11.9 Å². The van der Waals surface area contributed by atoms with E-state index in [-0.39, 0.29) is 23.5 Å². The molecule has 1 saturated carbocycles. The Morgan fingerprint density at radius 1 is 1.11 bits per heavy atom. The number of nitrogens with two attached hydrogens (primary N) is 1. The van der Waals surface area contributed by atoms with Gasteiger partial charge in [0.05, 0.1) is 11.9 Å². The molecule has 0 aliphatic heterocycles. The molecule has 0 spiro atoms. The number of nitrogen functional groups attached to an aromatic ring is 1. The number of halogens is 1. The number of benzene rings is 1. The van der Waals surface area contributed by atoms with Crippen LogP contribution in [0.2, 0.25) is 0 Å². The lowest BCUT2D eigenvalue weighted by atomic mass is 10.1. The molecule has 38 heavy (non-hydrogen) atoms. The van der Waals surface area contributed by atoms with E-state index in [0.717, 1.165) is 36.0 Å². The van der Waals surface area contributed by atoms with Crippen molar-refractivity contribution in [2.45, 2.75) is 70.8 Å². The van der Waals surface area contributed by atoms with E-state index in [1.54, 1.807) is 29.0 Å². The van der Waals surface area contributed by atoms with Gasteiger partial charge in [-0.2, -0.15) is 0 Å². The fourth-order valence-corrected chi connectivity index (χ4v) is 5.03. The van der Waals surface area contributed by atoms with E-state index in [1.807, 2.05) is 30.5 Å². The number of nitrogens with one attached hydrogen (secondary N) is 1. The van der Waals surface area contributed by atoms with Crippen molar-refractivity contribution >= 4 is 5.82 Å². The van der Waals surface area contributed by atoms with Crippen molar-refractivity contribution in [1.29, 1.82) is 0 Å². The molecule has 5 rings (SSSR count). The van der Waals surface area contributed by atoms with Gasteiger partial charge in [0, 0.05) is 48.1 Å². The smallest absolute Gasteiger partial charge is 0.250 e. The Labute approximate surface area is 221 Å². The lowest BCUT2D eigenvalue weighted by Gasteiger charge is -2.17. The Kier molecular flexibility index (Phi) is 7.64. The molecule has 0 saturated heterocycles. The normalized spacial score (nSPS) is 17.4. The van der Waals surface area contributed by atoms with Gasteiger partial charge in [-0.1, -0.05) is 43.3 Å². The zero-order chi connectivity index (χ0) is 26.6. The minimum absolute atomic E-state index is 0.0420. The lowest BCUT2D eigenvalue weighted by molar-refractivity contribution is 0.333. The number of pyridine rings is 1. The summed E-state index contributed by atoms with van der Waals surface area (Å²) in [4.78, 5) is 21.5. The number of hydrogen-bond acceptors (Lipinski definition) is 7. The first-order valence-electron chi connectivity index (χ1n) is 13.2. The SMILES string of the molecule is CCC(CC)n1cc(-c2cnc(N)c(-c3cc(-c4ccc(CN[C@@H]5CCC(F)C5)cc4)no3)n2)ccc1=O. The first kappa shape index (κ1) is 25.8. The minimum atomic E-state index is -0.681. The molecule has 1 aromatic carbocycles. The van der Waals surface area contributed by atoms with Gasteiger partial charge in [-0.3, -0.25) is 4.79 Å². The number of alkyl halides is 1. The van der Waals surface area contributed by atoms with Crippen LogP contribution in [0.1, 0.15) is 57.6 Å². The van der Waals surface area contributed by atoms with E-state index < -0.39 is 6.17 Å². The number of anilines is 1. The molecular formula is C29H33FN6O2. The summed E-state index contributed by atoms with van der Waals surface area (Å²) in [5, 5.41) is 7.66. The molecule has 198 valence electrons. The fraction of sp³-hybridized carbons (Fsp3) is 0.379. The molecule has 3 aromatic heterocycles. The third-order valence-electron chi connectivity index (χ3n) is 7.33. The predicted molar refractivity (Wildman–Crippen MR) is 146 cm³/mol. The maximum atomic E-state index is 13.4. The highest BCUT2D eigenvalue weighted by molar-refractivity contribution is 5.72. The van der Waals surface area contributed by atoms with Crippen molar-refractivity contribution in [2.75, 3.05) is 5.73 Å². The lowest BCUT2D eigenvalue weighted by Crippen LogP contribution is -2.25. The van der Waals surface area contributed by atoms with Crippen LogP contribution in [0.15, 0.2) is 64.2 Å². The molecule has 1 aliphatic rings. The molecule has 9 heteroatoms. The molecule has 3 heterocycles. The molecule has 0 radical (unpaired) electrons. The summed E-state index contributed by atoms with van der Waals surface area (Å²) < 4.78 is 20.8. The highest BCUT2D eigenvalue weighted by Crippen LogP contribution is 2.30. The zero-order valence-electron chi connectivity index (χ0n) is 21.7. The monoisotopic (exact) mass is 516 g/mol. The summed E-state index contributed by atoms with van der Waals surface area (Å²) >= 11 is 0. The van der Waals surface area contributed by atoms with Gasteiger partial charge in [-0.25, -0.2) is 14.4 Å². The average Bonchev–Trinajstić information content (AvgIpc) is 3.59. The average molecular weight is 517 g/mol. The summed E-state index contributed by atoms with van der Waals surface area (Å²) in [6.45, 7) is 4.84. The second-order valence-electron chi connectivity index (χ2n) is 9.88. The molecular weight excluding hydrogens is 483 g/mol.